The largest absolute Gasteiger partial charge is 0.478 e. The average Bonchev–Trinajstić information content (AvgIpc) is 2.54. The summed E-state index contributed by atoms with van der Waals surface area (Å²) in [4.78, 5) is 37.7. The van der Waals surface area contributed by atoms with Gasteiger partial charge in [0.25, 0.3) is 5.91 Å². The Labute approximate surface area is 125 Å². The van der Waals surface area contributed by atoms with Gasteiger partial charge in [-0.15, -0.1) is 0 Å². The summed E-state index contributed by atoms with van der Waals surface area (Å²) in [6, 6.07) is 8.58. The van der Waals surface area contributed by atoms with Crippen molar-refractivity contribution >= 4 is 23.5 Å². The number of benzene rings is 1. The lowest BCUT2D eigenvalue weighted by Gasteiger charge is -2.06. The van der Waals surface area contributed by atoms with Crippen LogP contribution in [0.3, 0.4) is 0 Å². The summed E-state index contributed by atoms with van der Waals surface area (Å²) in [7, 11) is 0. The Morgan fingerprint density at radius 1 is 1.00 bits per heavy atom. The minimum atomic E-state index is -1.05. The second kappa shape index (κ2) is 6.98. The van der Waals surface area contributed by atoms with Crippen molar-refractivity contribution in [3.05, 3.63) is 59.9 Å². The van der Waals surface area contributed by atoms with Crippen LogP contribution in [0.15, 0.2) is 48.8 Å². The molecule has 0 bridgehead atoms. The van der Waals surface area contributed by atoms with Gasteiger partial charge in [0, 0.05) is 18.1 Å². The molecule has 0 aliphatic rings. The van der Waals surface area contributed by atoms with Crippen LogP contribution in [0.4, 0.5) is 5.69 Å². The molecule has 0 saturated heterocycles. The fraction of sp³-hybridized carbons (Fsp3) is 0.0667. The second-order valence-electron chi connectivity index (χ2n) is 4.24. The summed E-state index contributed by atoms with van der Waals surface area (Å²) in [5, 5.41) is 11.3. The Balaban J connectivity index is 1.85. The molecule has 7 nitrogen and oxygen atoms in total. The first kappa shape index (κ1) is 15.2. The van der Waals surface area contributed by atoms with E-state index in [0.29, 0.717) is 11.3 Å². The van der Waals surface area contributed by atoms with Gasteiger partial charge in [0.05, 0.1) is 11.1 Å². The number of ether oxygens (including phenoxy) is 1. The molecule has 0 radical (unpaired) electrons. The first-order chi connectivity index (χ1) is 10.6. The Morgan fingerprint density at radius 3 is 2.23 bits per heavy atom. The number of anilines is 1. The van der Waals surface area contributed by atoms with Gasteiger partial charge in [-0.2, -0.15) is 0 Å². The van der Waals surface area contributed by atoms with Crippen molar-refractivity contribution in [1.29, 1.82) is 0 Å². The number of amides is 1. The van der Waals surface area contributed by atoms with E-state index in [0.717, 1.165) is 0 Å². The first-order valence-electron chi connectivity index (χ1n) is 6.26. The van der Waals surface area contributed by atoms with Crippen molar-refractivity contribution < 1.29 is 24.2 Å². The van der Waals surface area contributed by atoms with Crippen molar-refractivity contribution in [2.24, 2.45) is 0 Å². The molecule has 0 saturated carbocycles. The number of carbonyl (C=O) groups excluding carboxylic acids is 2. The van der Waals surface area contributed by atoms with Crippen molar-refractivity contribution in [2.75, 3.05) is 11.9 Å². The van der Waals surface area contributed by atoms with E-state index in [4.69, 9.17) is 9.84 Å². The maximum Gasteiger partial charge on any atom is 0.338 e. The number of aromatic carboxylic acids is 1. The maximum atomic E-state index is 11.7. The van der Waals surface area contributed by atoms with Crippen LogP contribution in [0.2, 0.25) is 0 Å². The topological polar surface area (TPSA) is 106 Å². The van der Waals surface area contributed by atoms with E-state index in [9.17, 15) is 14.4 Å². The molecule has 7 heteroatoms. The highest BCUT2D eigenvalue weighted by Crippen LogP contribution is 2.09. The molecule has 1 aromatic heterocycles. The molecule has 0 unspecified atom stereocenters. The van der Waals surface area contributed by atoms with Crippen LogP contribution in [-0.4, -0.2) is 34.5 Å². The molecular formula is C15H12N2O5. The molecule has 1 amide bonds. The third kappa shape index (κ3) is 4.14. The van der Waals surface area contributed by atoms with E-state index in [1.807, 2.05) is 0 Å². The zero-order valence-electron chi connectivity index (χ0n) is 11.4. The Bertz CT molecular complexity index is 683. The summed E-state index contributed by atoms with van der Waals surface area (Å²) < 4.78 is 4.85. The van der Waals surface area contributed by atoms with E-state index < -0.39 is 24.5 Å². The van der Waals surface area contributed by atoms with Gasteiger partial charge >= 0.3 is 11.9 Å². The molecule has 0 aliphatic heterocycles. The molecule has 0 aliphatic carbocycles. The molecule has 2 rings (SSSR count). The number of esters is 1. The van der Waals surface area contributed by atoms with Crippen molar-refractivity contribution in [3.8, 4) is 0 Å². The fourth-order valence-corrected chi connectivity index (χ4v) is 1.60. The SMILES string of the molecule is O=C(COC(=O)c1ccncc1)Nc1ccc(C(=O)O)cc1. The van der Waals surface area contributed by atoms with Gasteiger partial charge in [-0.25, -0.2) is 9.59 Å². The molecule has 22 heavy (non-hydrogen) atoms. The van der Waals surface area contributed by atoms with Crippen LogP contribution in [0, 0.1) is 0 Å². The highest BCUT2D eigenvalue weighted by molar-refractivity contribution is 5.96. The maximum absolute atomic E-state index is 11.7. The van der Waals surface area contributed by atoms with Gasteiger partial charge in [0.15, 0.2) is 6.61 Å². The molecule has 112 valence electrons. The summed E-state index contributed by atoms with van der Waals surface area (Å²) in [6.45, 7) is -0.443. The zero-order valence-corrected chi connectivity index (χ0v) is 11.4. The standard InChI is InChI=1S/C15H12N2O5/c18-13(9-22-15(21)11-5-7-16-8-6-11)17-12-3-1-10(2-4-12)14(19)20/h1-8H,9H2,(H,17,18)(H,19,20). The highest BCUT2D eigenvalue weighted by atomic mass is 16.5. The van der Waals surface area contributed by atoms with Crippen LogP contribution in [0.25, 0.3) is 0 Å². The summed E-state index contributed by atoms with van der Waals surface area (Å²) in [5.41, 5.74) is 0.825. The number of carboxylic acids is 1. The molecule has 2 aromatic rings. The van der Waals surface area contributed by atoms with Crippen LogP contribution >= 0.6 is 0 Å². The van der Waals surface area contributed by atoms with E-state index in [2.05, 4.69) is 10.3 Å². The molecule has 0 atom stereocenters. The van der Waals surface area contributed by atoms with Crippen LogP contribution < -0.4 is 5.32 Å². The Kier molecular flexibility index (Phi) is 4.81. The first-order valence-corrected chi connectivity index (χ1v) is 6.26. The fourth-order valence-electron chi connectivity index (χ4n) is 1.60. The van der Waals surface area contributed by atoms with Gasteiger partial charge in [-0.05, 0) is 36.4 Å². The molecule has 1 heterocycles. The Hall–Kier alpha value is -3.22. The van der Waals surface area contributed by atoms with Crippen molar-refractivity contribution in [1.82, 2.24) is 4.98 Å². The van der Waals surface area contributed by atoms with E-state index in [1.54, 1.807) is 0 Å². The number of nitrogens with one attached hydrogen (secondary N) is 1. The number of rotatable bonds is 5. The van der Waals surface area contributed by atoms with E-state index in [1.165, 1.54) is 48.8 Å². The quantitative estimate of drug-likeness (QED) is 0.812. The highest BCUT2D eigenvalue weighted by Gasteiger charge is 2.10. The number of hydrogen-bond acceptors (Lipinski definition) is 5. The molecule has 1 aromatic carbocycles. The number of pyridine rings is 1. The number of hydrogen-bond donors (Lipinski definition) is 2. The van der Waals surface area contributed by atoms with Crippen molar-refractivity contribution in [3.63, 3.8) is 0 Å². The normalized spacial score (nSPS) is 9.82. The molecule has 0 fully saturated rings. The van der Waals surface area contributed by atoms with Crippen LogP contribution in [0.5, 0.6) is 0 Å². The number of aromatic nitrogens is 1. The minimum absolute atomic E-state index is 0.113. The summed E-state index contributed by atoms with van der Waals surface area (Å²) in [5.74, 6) is -2.20. The molecule has 0 spiro atoms. The number of carboxylic acid groups (broad SMARTS) is 1. The number of carbonyl (C=O) groups is 3. The van der Waals surface area contributed by atoms with Gasteiger partial charge in [-0.3, -0.25) is 9.78 Å². The van der Waals surface area contributed by atoms with E-state index in [-0.39, 0.29) is 5.56 Å². The minimum Gasteiger partial charge on any atom is -0.478 e. The van der Waals surface area contributed by atoms with Crippen molar-refractivity contribution in [2.45, 2.75) is 0 Å². The lowest BCUT2D eigenvalue weighted by molar-refractivity contribution is -0.119. The monoisotopic (exact) mass is 300 g/mol. The van der Waals surface area contributed by atoms with E-state index >= 15 is 0 Å². The summed E-state index contributed by atoms with van der Waals surface area (Å²) >= 11 is 0. The molecular weight excluding hydrogens is 288 g/mol. The van der Waals surface area contributed by atoms with Crippen LogP contribution in [-0.2, 0) is 9.53 Å². The lowest BCUT2D eigenvalue weighted by atomic mass is 10.2. The van der Waals surface area contributed by atoms with Crippen LogP contribution in [0.1, 0.15) is 20.7 Å². The Morgan fingerprint density at radius 2 is 1.64 bits per heavy atom. The lowest BCUT2D eigenvalue weighted by Crippen LogP contribution is -2.21. The van der Waals surface area contributed by atoms with Gasteiger partial charge in [0.1, 0.15) is 0 Å². The summed E-state index contributed by atoms with van der Waals surface area (Å²) in [6.07, 6.45) is 2.89. The average molecular weight is 300 g/mol. The van der Waals surface area contributed by atoms with Gasteiger partial charge in [-0.1, -0.05) is 0 Å². The number of nitrogens with zero attached hydrogens (tertiary/aromatic N) is 1. The second-order valence-corrected chi connectivity index (χ2v) is 4.24. The zero-order chi connectivity index (χ0) is 15.9. The molecule has 2 N–H and O–H groups in total. The third-order valence-electron chi connectivity index (χ3n) is 2.67. The smallest absolute Gasteiger partial charge is 0.338 e. The van der Waals surface area contributed by atoms with Gasteiger partial charge < -0.3 is 15.2 Å². The van der Waals surface area contributed by atoms with Gasteiger partial charge in [0.2, 0.25) is 0 Å². The predicted octanol–water partition coefficient (Wildman–Crippen LogP) is 1.58. The predicted molar refractivity (Wildman–Crippen MR) is 76.6 cm³/mol. The third-order valence-corrected chi connectivity index (χ3v) is 2.67.